The molecule has 1 rings (SSSR count). The Morgan fingerprint density at radius 1 is 1.73 bits per heavy atom. The first-order chi connectivity index (χ1) is 5.38. The maximum atomic E-state index is 8.55. The molecule has 4 heteroatoms. The van der Waals surface area contributed by atoms with Crippen LogP contribution in [0.2, 0.25) is 0 Å². The number of pyridine rings is 1. The van der Waals surface area contributed by atoms with Gasteiger partial charge in [0.05, 0.1) is 6.61 Å². The normalized spacial score (nSPS) is 9.27. The fraction of sp³-hybridized carbons (Fsp3) is 0.286. The van der Waals surface area contributed by atoms with Crippen molar-refractivity contribution in [2.45, 2.75) is 6.92 Å². The molecule has 0 aliphatic rings. The summed E-state index contributed by atoms with van der Waals surface area (Å²) in [5.41, 5.74) is 1.94. The molecule has 2 N–H and O–H groups in total. The molecule has 0 spiro atoms. The van der Waals surface area contributed by atoms with Gasteiger partial charge >= 0.3 is 0 Å². The van der Waals surface area contributed by atoms with Crippen LogP contribution in [0, 0.1) is 0 Å². The summed E-state index contributed by atoms with van der Waals surface area (Å²) in [7, 11) is 0. The highest BCUT2D eigenvalue weighted by Gasteiger charge is 1.99. The third-order valence-corrected chi connectivity index (χ3v) is 1.18. The summed E-state index contributed by atoms with van der Waals surface area (Å²) >= 11 is 0. The molecule has 11 heavy (non-hydrogen) atoms. The van der Waals surface area contributed by atoms with Gasteiger partial charge in [-0.2, -0.15) is 0 Å². The predicted octanol–water partition coefficient (Wildman–Crippen LogP) is 1.28. The summed E-state index contributed by atoms with van der Waals surface area (Å²) in [6, 6.07) is 3.47. The molecule has 0 atom stereocenters. The van der Waals surface area contributed by atoms with Crippen molar-refractivity contribution in [3.8, 4) is 5.75 Å². The summed E-state index contributed by atoms with van der Waals surface area (Å²) in [6.07, 6.45) is 1.57. The van der Waals surface area contributed by atoms with Gasteiger partial charge in [-0.05, 0) is 19.1 Å². The van der Waals surface area contributed by atoms with Crippen LogP contribution in [-0.2, 0) is 0 Å². The predicted molar refractivity (Wildman–Crippen MR) is 40.8 cm³/mol. The zero-order valence-electron chi connectivity index (χ0n) is 6.24. The molecule has 0 amide bonds. The SMILES string of the molecule is CCOc1cccnc1NO. The summed E-state index contributed by atoms with van der Waals surface area (Å²) in [6.45, 7) is 2.43. The van der Waals surface area contributed by atoms with E-state index in [9.17, 15) is 0 Å². The lowest BCUT2D eigenvalue weighted by atomic mass is 10.4. The lowest BCUT2D eigenvalue weighted by molar-refractivity contribution is 0.329. The monoisotopic (exact) mass is 154 g/mol. The van der Waals surface area contributed by atoms with Crippen molar-refractivity contribution in [1.29, 1.82) is 0 Å². The standard InChI is InChI=1S/C7H10N2O2/c1-2-11-6-4-3-5-8-7(6)9-10/h3-5,10H,2H2,1H3,(H,8,9). The van der Waals surface area contributed by atoms with E-state index in [1.165, 1.54) is 0 Å². The number of hydrogen-bond acceptors (Lipinski definition) is 4. The molecule has 0 bridgehead atoms. The van der Waals surface area contributed by atoms with Crippen molar-refractivity contribution >= 4 is 5.82 Å². The van der Waals surface area contributed by atoms with E-state index in [0.717, 1.165) is 0 Å². The molecule has 0 unspecified atom stereocenters. The van der Waals surface area contributed by atoms with Gasteiger partial charge in [-0.25, -0.2) is 10.5 Å². The Labute approximate surface area is 64.8 Å². The maximum absolute atomic E-state index is 8.55. The summed E-state index contributed by atoms with van der Waals surface area (Å²) in [5.74, 6) is 0.895. The van der Waals surface area contributed by atoms with Crippen LogP contribution < -0.4 is 10.2 Å². The van der Waals surface area contributed by atoms with Crippen molar-refractivity contribution in [2.24, 2.45) is 0 Å². The van der Waals surface area contributed by atoms with Crippen LogP contribution in [0.15, 0.2) is 18.3 Å². The Morgan fingerprint density at radius 2 is 2.55 bits per heavy atom. The van der Waals surface area contributed by atoms with Gasteiger partial charge in [-0.3, -0.25) is 5.21 Å². The van der Waals surface area contributed by atoms with Crippen LogP contribution in [0.1, 0.15) is 6.92 Å². The Balaban J connectivity index is 2.83. The lowest BCUT2D eigenvalue weighted by Gasteiger charge is -2.05. The van der Waals surface area contributed by atoms with E-state index in [1.807, 2.05) is 12.4 Å². The number of nitrogens with zero attached hydrogens (tertiary/aromatic N) is 1. The number of aromatic nitrogens is 1. The van der Waals surface area contributed by atoms with Gasteiger partial charge < -0.3 is 4.74 Å². The number of nitrogens with one attached hydrogen (secondary N) is 1. The maximum Gasteiger partial charge on any atom is 0.192 e. The quantitative estimate of drug-likeness (QED) is 0.644. The van der Waals surface area contributed by atoms with E-state index in [-0.39, 0.29) is 0 Å². The second kappa shape index (κ2) is 3.78. The molecule has 1 aromatic rings. The zero-order valence-corrected chi connectivity index (χ0v) is 6.24. The smallest absolute Gasteiger partial charge is 0.192 e. The molecule has 0 aliphatic heterocycles. The van der Waals surface area contributed by atoms with E-state index < -0.39 is 0 Å². The van der Waals surface area contributed by atoms with Crippen LogP contribution in [0.4, 0.5) is 5.82 Å². The molecule has 0 saturated heterocycles. The average Bonchev–Trinajstić information content (AvgIpc) is 2.06. The highest BCUT2D eigenvalue weighted by atomic mass is 16.5. The minimum atomic E-state index is 0.342. The van der Waals surface area contributed by atoms with Gasteiger partial charge in [0.25, 0.3) is 0 Å². The second-order valence-corrected chi connectivity index (χ2v) is 1.89. The number of ether oxygens (including phenoxy) is 1. The second-order valence-electron chi connectivity index (χ2n) is 1.89. The minimum Gasteiger partial charge on any atom is -0.490 e. The van der Waals surface area contributed by atoms with Crippen LogP contribution in [0.3, 0.4) is 0 Å². The first kappa shape index (κ1) is 7.81. The van der Waals surface area contributed by atoms with Gasteiger partial charge in [-0.1, -0.05) is 0 Å². The molecule has 0 saturated carbocycles. The summed E-state index contributed by atoms with van der Waals surface area (Å²) in [5, 5.41) is 8.55. The topological polar surface area (TPSA) is 54.4 Å². The fourth-order valence-corrected chi connectivity index (χ4v) is 0.746. The van der Waals surface area contributed by atoms with Gasteiger partial charge in [0.2, 0.25) is 0 Å². The van der Waals surface area contributed by atoms with Crippen molar-refractivity contribution in [1.82, 2.24) is 4.98 Å². The Morgan fingerprint density at radius 3 is 3.18 bits per heavy atom. The fourth-order valence-electron chi connectivity index (χ4n) is 0.746. The number of hydrogen-bond donors (Lipinski definition) is 2. The van der Waals surface area contributed by atoms with Crippen LogP contribution >= 0.6 is 0 Å². The van der Waals surface area contributed by atoms with E-state index in [2.05, 4.69) is 4.98 Å². The molecular formula is C7H10N2O2. The third kappa shape index (κ3) is 1.81. The molecule has 60 valence electrons. The van der Waals surface area contributed by atoms with Crippen molar-refractivity contribution < 1.29 is 9.94 Å². The Kier molecular flexibility index (Phi) is 2.68. The summed E-state index contributed by atoms with van der Waals surface area (Å²) in [4.78, 5) is 3.83. The Bertz CT molecular complexity index is 227. The highest BCUT2D eigenvalue weighted by molar-refractivity contribution is 5.47. The minimum absolute atomic E-state index is 0.342. The highest BCUT2D eigenvalue weighted by Crippen LogP contribution is 2.19. The third-order valence-electron chi connectivity index (χ3n) is 1.18. The van der Waals surface area contributed by atoms with Gasteiger partial charge in [0, 0.05) is 6.20 Å². The van der Waals surface area contributed by atoms with E-state index in [0.29, 0.717) is 18.2 Å². The number of anilines is 1. The number of rotatable bonds is 3. The molecule has 1 heterocycles. The molecule has 4 nitrogen and oxygen atoms in total. The van der Waals surface area contributed by atoms with Gasteiger partial charge in [0.1, 0.15) is 0 Å². The molecule has 1 aromatic heterocycles. The van der Waals surface area contributed by atoms with Crippen molar-refractivity contribution in [3.05, 3.63) is 18.3 Å². The largest absolute Gasteiger partial charge is 0.490 e. The summed E-state index contributed by atoms with van der Waals surface area (Å²) < 4.78 is 5.14. The van der Waals surface area contributed by atoms with Crippen LogP contribution in [0.5, 0.6) is 5.75 Å². The Hall–Kier alpha value is -1.29. The van der Waals surface area contributed by atoms with Crippen molar-refractivity contribution in [2.75, 3.05) is 12.1 Å². The molecule has 0 aliphatic carbocycles. The van der Waals surface area contributed by atoms with E-state index in [4.69, 9.17) is 9.94 Å². The molecule has 0 aromatic carbocycles. The van der Waals surface area contributed by atoms with E-state index in [1.54, 1.807) is 18.3 Å². The van der Waals surface area contributed by atoms with Gasteiger partial charge in [-0.15, -0.1) is 0 Å². The molecular weight excluding hydrogens is 144 g/mol. The van der Waals surface area contributed by atoms with Gasteiger partial charge in [0.15, 0.2) is 11.6 Å². The first-order valence-corrected chi connectivity index (χ1v) is 3.36. The van der Waals surface area contributed by atoms with Crippen molar-refractivity contribution in [3.63, 3.8) is 0 Å². The first-order valence-electron chi connectivity index (χ1n) is 3.36. The van der Waals surface area contributed by atoms with Crippen LogP contribution in [-0.4, -0.2) is 16.8 Å². The zero-order chi connectivity index (χ0) is 8.10. The average molecular weight is 154 g/mol. The van der Waals surface area contributed by atoms with E-state index >= 15 is 0 Å². The van der Waals surface area contributed by atoms with Crippen LogP contribution in [0.25, 0.3) is 0 Å². The molecule has 0 radical (unpaired) electrons. The lowest BCUT2D eigenvalue weighted by Crippen LogP contribution is -1.99. The molecule has 0 fully saturated rings.